The molecule has 0 bridgehead atoms. The number of nitrogens with one attached hydrogen (secondary N) is 2. The van der Waals surface area contributed by atoms with Gasteiger partial charge in [0.2, 0.25) is 5.56 Å². The van der Waals surface area contributed by atoms with E-state index in [1.54, 1.807) is 19.2 Å². The molecule has 0 saturated heterocycles. The molecule has 2 atom stereocenters. The van der Waals surface area contributed by atoms with Gasteiger partial charge in [-0.15, -0.1) is 0 Å². The van der Waals surface area contributed by atoms with E-state index in [4.69, 9.17) is 4.74 Å². The first-order valence-corrected chi connectivity index (χ1v) is 5.98. The van der Waals surface area contributed by atoms with E-state index in [9.17, 15) is 9.59 Å². The molecule has 0 radical (unpaired) electrons. The van der Waals surface area contributed by atoms with Gasteiger partial charge in [-0.1, -0.05) is 19.9 Å². The molecular weight excluding hydrogens is 232 g/mol. The van der Waals surface area contributed by atoms with Crippen LogP contribution in [0.2, 0.25) is 0 Å². The number of rotatable bonds is 3. The van der Waals surface area contributed by atoms with Crippen molar-refractivity contribution in [2.45, 2.75) is 32.4 Å². The third-order valence-electron chi connectivity index (χ3n) is 3.78. The van der Waals surface area contributed by atoms with Crippen LogP contribution in [0.1, 0.15) is 30.8 Å². The van der Waals surface area contributed by atoms with Gasteiger partial charge >= 0.3 is 0 Å². The fourth-order valence-electron chi connectivity index (χ4n) is 2.35. The number of methoxy groups -OCH3 is 1. The number of carbonyl (C=O) groups excluding carboxylic acids is 1. The average molecular weight is 250 g/mol. The first-order valence-electron chi connectivity index (χ1n) is 5.98. The van der Waals surface area contributed by atoms with Gasteiger partial charge in [-0.3, -0.25) is 9.59 Å². The summed E-state index contributed by atoms with van der Waals surface area (Å²) in [5.74, 6) is -0.250. The van der Waals surface area contributed by atoms with E-state index in [0.29, 0.717) is 5.69 Å². The predicted molar refractivity (Wildman–Crippen MR) is 67.5 cm³/mol. The van der Waals surface area contributed by atoms with Crippen molar-refractivity contribution in [2.24, 2.45) is 5.41 Å². The molecule has 18 heavy (non-hydrogen) atoms. The molecule has 2 N–H and O–H groups in total. The molecule has 5 nitrogen and oxygen atoms in total. The molecule has 1 aromatic rings. The van der Waals surface area contributed by atoms with Crippen molar-refractivity contribution in [1.82, 2.24) is 10.3 Å². The summed E-state index contributed by atoms with van der Waals surface area (Å²) < 4.78 is 5.33. The molecule has 2 rings (SSSR count). The molecule has 5 heteroatoms. The molecule has 1 aliphatic rings. The van der Waals surface area contributed by atoms with Gasteiger partial charge in [0.05, 0.1) is 6.10 Å². The third kappa shape index (κ3) is 2.18. The monoisotopic (exact) mass is 250 g/mol. The van der Waals surface area contributed by atoms with Crippen molar-refractivity contribution in [3.05, 3.63) is 34.2 Å². The zero-order valence-electron chi connectivity index (χ0n) is 10.8. The van der Waals surface area contributed by atoms with Crippen LogP contribution in [0.5, 0.6) is 0 Å². The van der Waals surface area contributed by atoms with Crippen molar-refractivity contribution in [3.63, 3.8) is 0 Å². The van der Waals surface area contributed by atoms with Gasteiger partial charge in [-0.05, 0) is 12.5 Å². The van der Waals surface area contributed by atoms with E-state index in [1.165, 1.54) is 6.07 Å². The van der Waals surface area contributed by atoms with Gasteiger partial charge in [0, 0.05) is 24.6 Å². The van der Waals surface area contributed by atoms with Gasteiger partial charge in [0.15, 0.2) is 0 Å². The van der Waals surface area contributed by atoms with Crippen LogP contribution in [0, 0.1) is 5.41 Å². The minimum atomic E-state index is -0.273. The summed E-state index contributed by atoms with van der Waals surface area (Å²) in [5.41, 5.74) is -0.0658. The Balaban J connectivity index is 2.04. The van der Waals surface area contributed by atoms with Crippen molar-refractivity contribution in [3.8, 4) is 0 Å². The topological polar surface area (TPSA) is 71.2 Å². The molecule has 1 aliphatic carbocycles. The number of pyridine rings is 1. The van der Waals surface area contributed by atoms with Crippen molar-refractivity contribution >= 4 is 5.91 Å². The smallest absolute Gasteiger partial charge is 0.268 e. The highest BCUT2D eigenvalue weighted by Crippen LogP contribution is 2.42. The number of carbonyl (C=O) groups is 1. The summed E-state index contributed by atoms with van der Waals surface area (Å²) in [5, 5.41) is 2.93. The standard InChI is InChI=1S/C13H18N2O3/c1-13(2)9(7-10(13)18-3)15-12(17)8-5-4-6-11(16)14-8/h4-6,9-10H,7H2,1-3H3,(H,14,16)(H,15,17). The van der Waals surface area contributed by atoms with Gasteiger partial charge in [0.1, 0.15) is 5.69 Å². The van der Waals surface area contributed by atoms with E-state index < -0.39 is 0 Å². The Labute approximate surface area is 106 Å². The molecule has 1 aromatic heterocycles. The van der Waals surface area contributed by atoms with Crippen LogP contribution < -0.4 is 10.9 Å². The van der Waals surface area contributed by atoms with Crippen molar-refractivity contribution in [1.29, 1.82) is 0 Å². The van der Waals surface area contributed by atoms with Crippen LogP contribution in [0.3, 0.4) is 0 Å². The summed E-state index contributed by atoms with van der Waals surface area (Å²) in [6.07, 6.45) is 0.962. The molecule has 1 fully saturated rings. The van der Waals surface area contributed by atoms with Crippen molar-refractivity contribution < 1.29 is 9.53 Å². The highest BCUT2D eigenvalue weighted by Gasteiger charge is 2.49. The van der Waals surface area contributed by atoms with Gasteiger partial charge in [-0.2, -0.15) is 0 Å². The second-order valence-corrected chi connectivity index (χ2v) is 5.24. The molecule has 0 spiro atoms. The van der Waals surface area contributed by atoms with E-state index in [2.05, 4.69) is 24.1 Å². The quantitative estimate of drug-likeness (QED) is 0.838. The minimum absolute atomic E-state index is 0.0682. The Morgan fingerprint density at radius 3 is 2.78 bits per heavy atom. The molecule has 1 heterocycles. The molecular formula is C13H18N2O3. The predicted octanol–water partition coefficient (Wildman–Crippen LogP) is 0.918. The van der Waals surface area contributed by atoms with E-state index in [1.807, 2.05) is 0 Å². The Kier molecular flexibility index (Phi) is 3.26. The lowest BCUT2D eigenvalue weighted by atomic mass is 9.64. The lowest BCUT2D eigenvalue weighted by Crippen LogP contribution is -2.61. The summed E-state index contributed by atoms with van der Waals surface area (Å²) in [6, 6.07) is 4.61. The number of H-pyrrole nitrogens is 1. The normalized spacial score (nSPS) is 25.3. The van der Waals surface area contributed by atoms with Gasteiger partial charge in [-0.25, -0.2) is 0 Å². The maximum absolute atomic E-state index is 12.0. The maximum Gasteiger partial charge on any atom is 0.268 e. The van der Waals surface area contributed by atoms with Gasteiger partial charge < -0.3 is 15.0 Å². The number of hydrogen-bond acceptors (Lipinski definition) is 3. The molecule has 1 saturated carbocycles. The Morgan fingerprint density at radius 1 is 1.50 bits per heavy atom. The number of aromatic nitrogens is 1. The lowest BCUT2D eigenvalue weighted by molar-refractivity contribution is -0.0942. The zero-order chi connectivity index (χ0) is 13.3. The fraction of sp³-hybridized carbons (Fsp3) is 0.538. The zero-order valence-corrected chi connectivity index (χ0v) is 10.8. The number of hydrogen-bond donors (Lipinski definition) is 2. The first kappa shape index (κ1) is 12.8. The van der Waals surface area contributed by atoms with E-state index in [0.717, 1.165) is 6.42 Å². The first-order chi connectivity index (χ1) is 8.45. The van der Waals surface area contributed by atoms with E-state index >= 15 is 0 Å². The van der Waals surface area contributed by atoms with Crippen LogP contribution in [0.4, 0.5) is 0 Å². The highest BCUT2D eigenvalue weighted by molar-refractivity contribution is 5.92. The molecule has 0 aromatic carbocycles. The van der Waals surface area contributed by atoms with Gasteiger partial charge in [0.25, 0.3) is 5.91 Å². The maximum atomic E-state index is 12.0. The summed E-state index contributed by atoms with van der Waals surface area (Å²) in [4.78, 5) is 25.6. The molecule has 0 aliphatic heterocycles. The SMILES string of the molecule is COC1CC(NC(=O)c2cccc(=O)[nH]2)C1(C)C. The average Bonchev–Trinajstić information content (AvgIpc) is 2.33. The van der Waals surface area contributed by atoms with E-state index in [-0.39, 0.29) is 29.0 Å². The summed E-state index contributed by atoms with van der Waals surface area (Å²) in [7, 11) is 1.68. The van der Waals surface area contributed by atoms with Crippen LogP contribution in [-0.2, 0) is 4.74 Å². The second kappa shape index (κ2) is 4.57. The van der Waals surface area contributed by atoms with Crippen LogP contribution in [-0.4, -0.2) is 30.1 Å². The lowest BCUT2D eigenvalue weighted by Gasteiger charge is -2.51. The Bertz CT molecular complexity index is 507. The fourth-order valence-corrected chi connectivity index (χ4v) is 2.35. The molecule has 1 amide bonds. The molecule has 98 valence electrons. The van der Waals surface area contributed by atoms with Crippen molar-refractivity contribution in [2.75, 3.05) is 7.11 Å². The van der Waals surface area contributed by atoms with Crippen LogP contribution in [0.15, 0.2) is 23.0 Å². The molecule has 2 unspecified atom stereocenters. The minimum Gasteiger partial charge on any atom is -0.381 e. The largest absolute Gasteiger partial charge is 0.381 e. The number of amides is 1. The number of ether oxygens (including phenoxy) is 1. The Hall–Kier alpha value is -1.62. The third-order valence-corrected chi connectivity index (χ3v) is 3.78. The van der Waals surface area contributed by atoms with Crippen LogP contribution >= 0.6 is 0 Å². The second-order valence-electron chi connectivity index (χ2n) is 5.24. The summed E-state index contributed by atoms with van der Waals surface area (Å²) in [6.45, 7) is 4.12. The summed E-state index contributed by atoms with van der Waals surface area (Å²) >= 11 is 0. The Morgan fingerprint density at radius 2 is 2.22 bits per heavy atom. The number of aromatic amines is 1. The van der Waals surface area contributed by atoms with Crippen LogP contribution in [0.25, 0.3) is 0 Å². The highest BCUT2D eigenvalue weighted by atomic mass is 16.5.